The predicted octanol–water partition coefficient (Wildman–Crippen LogP) is -4.78. The van der Waals surface area contributed by atoms with Gasteiger partial charge in [-0.25, -0.2) is 0 Å². The number of hydrogen-bond acceptors (Lipinski definition) is 18. The summed E-state index contributed by atoms with van der Waals surface area (Å²) in [7, 11) is -1.05. The molecule has 12 amide bonds. The number of imide groups is 1. The molecule has 4 aliphatic rings. The van der Waals surface area contributed by atoms with Gasteiger partial charge < -0.3 is 78.2 Å². The van der Waals surface area contributed by atoms with E-state index in [4.69, 9.17) is 10.5 Å². The Bertz CT molecular complexity index is 2900. The van der Waals surface area contributed by atoms with Crippen molar-refractivity contribution < 1.29 is 81.8 Å². The number of rotatable bonds is 17. The van der Waals surface area contributed by atoms with E-state index in [0.29, 0.717) is 61.0 Å². The van der Waals surface area contributed by atoms with Crippen LogP contribution < -0.4 is 53.0 Å². The SMILES string of the molecule is CC[C@H](C)[C@@H]1NC(=O)CNC(=O)[C@@H]2Cc3c([nH]c4c(CSC5CN(C(=O)CCCCCN6C(=O)C=CC6=O)C5)c(OC)ccc34)S(=O)C[C@H](NC(=O)CNC1=O)C(=O)N[C@@H](CC(N)=O)C(=O)NC[C@H](O)CC(=O)N[C@@H]([C@@H](C)[C@@H](O)CO)C(=O)N2. The van der Waals surface area contributed by atoms with Crippen molar-refractivity contribution in [3.63, 3.8) is 0 Å². The Kier molecular flexibility index (Phi) is 23.7. The second-order valence-electron chi connectivity index (χ2n) is 21.1. The fourth-order valence-corrected chi connectivity index (χ4v) is 12.4. The highest BCUT2D eigenvalue weighted by Gasteiger charge is 2.39. The number of nitrogens with zero attached hydrogens (tertiary/aromatic N) is 2. The fraction of sp³-hybridized carbons (Fsp3) is 0.585. The summed E-state index contributed by atoms with van der Waals surface area (Å²) in [6.45, 7) is 2.60. The van der Waals surface area contributed by atoms with Crippen LogP contribution in [0, 0.1) is 11.8 Å². The normalized spacial score (nSPS) is 25.0. The monoisotopic (exact) mass is 1210 g/mol. The van der Waals surface area contributed by atoms with Crippen molar-refractivity contribution in [2.45, 2.75) is 131 Å². The van der Waals surface area contributed by atoms with E-state index in [1.807, 2.05) is 0 Å². The molecule has 0 radical (unpaired) electrons. The molecule has 10 atom stereocenters. The summed E-state index contributed by atoms with van der Waals surface area (Å²) < 4.78 is 21.1. The first-order valence-electron chi connectivity index (χ1n) is 27.5. The molecule has 1 unspecified atom stereocenters. The Morgan fingerprint density at radius 2 is 1.46 bits per heavy atom. The van der Waals surface area contributed by atoms with E-state index >= 15 is 4.21 Å². The number of nitrogens with two attached hydrogens (primary N) is 1. The number of hydrogen-bond donors (Lipinski definition) is 13. The van der Waals surface area contributed by atoms with Gasteiger partial charge in [-0.05, 0) is 36.5 Å². The van der Waals surface area contributed by atoms with Crippen LogP contribution in [0.1, 0.15) is 76.8 Å². The number of amides is 12. The van der Waals surface area contributed by atoms with Gasteiger partial charge in [0, 0.05) is 79.0 Å². The van der Waals surface area contributed by atoms with Crippen LogP contribution in [0.5, 0.6) is 5.75 Å². The van der Waals surface area contributed by atoms with Gasteiger partial charge in [0.05, 0.1) is 73.9 Å². The Labute approximate surface area is 489 Å². The van der Waals surface area contributed by atoms with Crippen molar-refractivity contribution in [3.8, 4) is 5.75 Å². The van der Waals surface area contributed by atoms with E-state index < -0.39 is 169 Å². The summed E-state index contributed by atoms with van der Waals surface area (Å²) in [6, 6.07) is -5.24. The Morgan fingerprint density at radius 1 is 0.798 bits per heavy atom. The van der Waals surface area contributed by atoms with Gasteiger partial charge >= 0.3 is 0 Å². The molecule has 0 spiro atoms. The topological polar surface area (TPSA) is 436 Å². The minimum atomic E-state index is -2.46. The number of aromatic nitrogens is 1. The molecule has 1 fully saturated rings. The number of benzene rings is 1. The first kappa shape index (κ1) is 65.7. The van der Waals surface area contributed by atoms with E-state index in [2.05, 4.69) is 47.5 Å². The zero-order valence-corrected chi connectivity index (χ0v) is 48.6. The van der Waals surface area contributed by atoms with E-state index in [1.54, 1.807) is 30.9 Å². The summed E-state index contributed by atoms with van der Waals surface area (Å²) in [5.74, 6) is -12.1. The largest absolute Gasteiger partial charge is 0.496 e. The maximum Gasteiger partial charge on any atom is 0.253 e. The minimum Gasteiger partial charge on any atom is -0.496 e. The standard InChI is InChI=1S/C53H74N12O17S2/c1-5-26(2)45-51(79)57-19-40(71)58-35-25-84(81)53-31(30-10-11-37(82-4)32(47(30)63-53)24-83-29-21-64(22-29)42(73)9-7-6-8-14-65-43(74)12-13-44(65)75)16-33(48(76)56-20-41(72)62-45)60-52(80)46(27(3)36(68)23-66)61-39(70)15-28(67)18-55-49(77)34(17-38(54)69)59-50(35)78/h10-13,26-29,33-36,45-46,63,66-68H,5-9,14-25H2,1-4H3,(H2,54,69)(H,55,77)(H,56,76)(H,57,79)(H,58,71)(H,59,78)(H,60,80)(H,61,70)(H,62,72)/t26-,27-,28+,33-,34-,35-,36-,45-,46-,84?/m0/s1. The highest BCUT2D eigenvalue weighted by Crippen LogP contribution is 2.38. The van der Waals surface area contributed by atoms with E-state index in [0.717, 1.165) is 4.90 Å². The van der Waals surface area contributed by atoms with Gasteiger partial charge in [0.1, 0.15) is 41.0 Å². The van der Waals surface area contributed by atoms with Crippen LogP contribution in [-0.4, -0.2) is 212 Å². The van der Waals surface area contributed by atoms with E-state index in [-0.39, 0.29) is 52.3 Å². The third-order valence-corrected chi connectivity index (χ3v) is 17.6. The lowest BCUT2D eigenvalue weighted by molar-refractivity contribution is -0.137. The van der Waals surface area contributed by atoms with E-state index in [1.165, 1.54) is 37.9 Å². The number of thioether (sulfide) groups is 1. The van der Waals surface area contributed by atoms with Crippen molar-refractivity contribution in [1.29, 1.82) is 0 Å². The van der Waals surface area contributed by atoms with Crippen molar-refractivity contribution >= 4 is 104 Å². The summed E-state index contributed by atoms with van der Waals surface area (Å²) in [5, 5.41) is 51.3. The van der Waals surface area contributed by atoms with Gasteiger partial charge in [0.15, 0.2) is 0 Å². The molecule has 4 aliphatic heterocycles. The number of aromatic amines is 1. The molecule has 84 heavy (non-hydrogen) atoms. The van der Waals surface area contributed by atoms with Crippen LogP contribution in [0.25, 0.3) is 10.9 Å². The molecule has 31 heteroatoms. The number of methoxy groups -OCH3 is 1. The average molecular weight is 1220 g/mol. The molecule has 1 saturated heterocycles. The van der Waals surface area contributed by atoms with Crippen molar-refractivity contribution in [3.05, 3.63) is 35.4 Å². The number of nitrogens with one attached hydrogen (secondary N) is 9. The van der Waals surface area contributed by atoms with Gasteiger partial charge in [-0.15, -0.1) is 11.8 Å². The molecule has 2 aromatic rings. The first-order chi connectivity index (χ1) is 39.9. The predicted molar refractivity (Wildman–Crippen MR) is 301 cm³/mol. The molecule has 2 bridgehead atoms. The minimum absolute atomic E-state index is 0.0603. The molecule has 460 valence electrons. The molecule has 0 aliphatic carbocycles. The molecule has 14 N–H and O–H groups in total. The molecule has 5 heterocycles. The Hall–Kier alpha value is -7.48. The maximum absolute atomic E-state index is 15.3. The van der Waals surface area contributed by atoms with Crippen LogP contribution in [0.15, 0.2) is 29.3 Å². The Morgan fingerprint density at radius 3 is 2.12 bits per heavy atom. The molecule has 1 aromatic carbocycles. The molecule has 29 nitrogen and oxygen atoms in total. The van der Waals surface area contributed by atoms with Crippen LogP contribution >= 0.6 is 11.8 Å². The van der Waals surface area contributed by atoms with Gasteiger partial charge in [-0.3, -0.25) is 66.6 Å². The third-order valence-electron chi connectivity index (χ3n) is 15.0. The zero-order valence-electron chi connectivity index (χ0n) is 46.9. The van der Waals surface area contributed by atoms with Gasteiger partial charge in [-0.1, -0.05) is 33.6 Å². The number of unbranched alkanes of at least 4 members (excludes halogenated alkanes) is 2. The number of primary amides is 1. The van der Waals surface area contributed by atoms with E-state index in [9.17, 15) is 72.9 Å². The fourth-order valence-electron chi connectivity index (χ4n) is 9.75. The number of aliphatic hydroxyl groups excluding tert-OH is 3. The van der Waals surface area contributed by atoms with Crippen molar-refractivity contribution in [2.24, 2.45) is 17.6 Å². The number of ether oxygens (including phenoxy) is 1. The maximum atomic E-state index is 15.3. The lowest BCUT2D eigenvalue weighted by Crippen LogP contribution is -2.59. The van der Waals surface area contributed by atoms with Crippen LogP contribution in [0.2, 0.25) is 0 Å². The van der Waals surface area contributed by atoms with Gasteiger partial charge in [-0.2, -0.15) is 0 Å². The molecule has 0 saturated carbocycles. The first-order valence-corrected chi connectivity index (χ1v) is 29.9. The lowest BCUT2D eigenvalue weighted by atomic mass is 9.94. The number of likely N-dealkylation sites (tertiary alicyclic amines) is 1. The van der Waals surface area contributed by atoms with Gasteiger partial charge in [0.25, 0.3) is 11.8 Å². The smallest absolute Gasteiger partial charge is 0.253 e. The number of β-amino-alcohol motifs (C(OH)–C–C–N with tert-alkyl or cyclic N) is 1. The highest BCUT2D eigenvalue weighted by molar-refractivity contribution is 7.99. The second-order valence-corrected chi connectivity index (χ2v) is 23.8. The molecule has 1 aromatic heterocycles. The summed E-state index contributed by atoms with van der Waals surface area (Å²) >= 11 is 1.47. The number of carbonyl (C=O) groups excluding carboxylic acids is 12. The zero-order chi connectivity index (χ0) is 61.5. The van der Waals surface area contributed by atoms with Crippen LogP contribution in [0.3, 0.4) is 0 Å². The number of aliphatic hydroxyl groups is 3. The molecular weight excluding hydrogens is 1140 g/mol. The average Bonchev–Trinajstić information content (AvgIpc) is 4.15. The van der Waals surface area contributed by atoms with Gasteiger partial charge in [0.2, 0.25) is 59.1 Å². The van der Waals surface area contributed by atoms with Crippen LogP contribution in [-0.2, 0) is 80.5 Å². The second kappa shape index (κ2) is 30.4. The summed E-state index contributed by atoms with van der Waals surface area (Å²) in [4.78, 5) is 167. The highest BCUT2D eigenvalue weighted by atomic mass is 32.2. The molecule has 6 rings (SSSR count). The number of carbonyl (C=O) groups is 12. The summed E-state index contributed by atoms with van der Waals surface area (Å²) in [6.07, 6.45) is -0.778. The molecular formula is C53H74N12O17S2. The lowest BCUT2D eigenvalue weighted by Gasteiger charge is -2.39. The number of H-pyrrole nitrogens is 1. The van der Waals surface area contributed by atoms with Crippen molar-refractivity contribution in [1.82, 2.24) is 57.3 Å². The summed E-state index contributed by atoms with van der Waals surface area (Å²) in [5.41, 5.74) is 6.38. The van der Waals surface area contributed by atoms with Crippen molar-refractivity contribution in [2.75, 3.05) is 58.7 Å². The number of fused-ring (bicyclic) bond motifs is 4. The van der Waals surface area contributed by atoms with Crippen LogP contribution in [0.4, 0.5) is 0 Å². The Balaban J connectivity index is 1.42. The third kappa shape index (κ3) is 17.3. The quantitative estimate of drug-likeness (QED) is 0.0522.